The Morgan fingerprint density at radius 3 is 2.14 bits per heavy atom. The number of hydrogen-bond donors (Lipinski definition) is 1. The summed E-state index contributed by atoms with van der Waals surface area (Å²) in [5, 5.41) is 3.18. The van der Waals surface area contributed by atoms with Crippen LogP contribution in [0, 0.1) is 5.92 Å². The molecule has 0 rings (SSSR count). The van der Waals surface area contributed by atoms with Gasteiger partial charge in [0.25, 0.3) is 0 Å². The van der Waals surface area contributed by atoms with Crippen molar-refractivity contribution in [1.29, 1.82) is 0 Å². The van der Waals surface area contributed by atoms with E-state index in [1.54, 1.807) is 0 Å². The van der Waals surface area contributed by atoms with Gasteiger partial charge in [0.2, 0.25) is 0 Å². The maximum atomic E-state index is 11.6. The van der Waals surface area contributed by atoms with Crippen LogP contribution >= 0.6 is 0 Å². The van der Waals surface area contributed by atoms with Crippen molar-refractivity contribution >= 4 is 9.84 Å². The summed E-state index contributed by atoms with van der Waals surface area (Å²) in [5.74, 6) is 0.773. The van der Waals surface area contributed by atoms with Crippen LogP contribution in [-0.2, 0) is 9.84 Å². The van der Waals surface area contributed by atoms with Gasteiger partial charge in [-0.05, 0) is 25.8 Å². The Balaban J connectivity index is 3.96. The first-order valence-electron chi connectivity index (χ1n) is 5.31. The minimum atomic E-state index is -2.87. The Kier molecular flexibility index (Phi) is 6.36. The van der Waals surface area contributed by atoms with Gasteiger partial charge < -0.3 is 5.32 Å². The van der Waals surface area contributed by atoms with E-state index < -0.39 is 9.84 Å². The molecule has 0 aliphatic rings. The van der Waals surface area contributed by atoms with Crippen LogP contribution in [0.2, 0.25) is 0 Å². The van der Waals surface area contributed by atoms with E-state index in [0.717, 1.165) is 13.0 Å². The molecule has 0 bridgehead atoms. The highest BCUT2D eigenvalue weighted by Gasteiger charge is 2.16. The zero-order chi connectivity index (χ0) is 11.2. The number of hydrogen-bond acceptors (Lipinski definition) is 3. The fraction of sp³-hybridized carbons (Fsp3) is 1.00. The van der Waals surface area contributed by atoms with Gasteiger partial charge in [-0.3, -0.25) is 0 Å². The van der Waals surface area contributed by atoms with E-state index in [1.807, 2.05) is 20.8 Å². The molecule has 0 amide bonds. The van der Waals surface area contributed by atoms with Gasteiger partial charge in [-0.25, -0.2) is 8.42 Å². The lowest BCUT2D eigenvalue weighted by Crippen LogP contribution is -2.34. The van der Waals surface area contributed by atoms with E-state index >= 15 is 0 Å². The molecule has 0 saturated carbocycles. The van der Waals surface area contributed by atoms with Crippen LogP contribution in [0.3, 0.4) is 0 Å². The van der Waals surface area contributed by atoms with Gasteiger partial charge >= 0.3 is 0 Å². The highest BCUT2D eigenvalue weighted by Crippen LogP contribution is 2.02. The SMILES string of the molecule is CCCNC(C)CS(=O)(=O)CC(C)C. The second-order valence-corrected chi connectivity index (χ2v) is 6.48. The molecule has 0 aliphatic carbocycles. The van der Waals surface area contributed by atoms with Crippen molar-refractivity contribution < 1.29 is 8.42 Å². The van der Waals surface area contributed by atoms with E-state index in [1.165, 1.54) is 0 Å². The summed E-state index contributed by atoms with van der Waals surface area (Å²) in [6.07, 6.45) is 1.04. The summed E-state index contributed by atoms with van der Waals surface area (Å²) in [6.45, 7) is 8.75. The summed E-state index contributed by atoms with van der Waals surface area (Å²) in [6, 6.07) is 0.0682. The molecule has 4 heteroatoms. The Morgan fingerprint density at radius 2 is 1.71 bits per heavy atom. The molecule has 0 aromatic carbocycles. The van der Waals surface area contributed by atoms with Crippen molar-refractivity contribution in [3.05, 3.63) is 0 Å². The maximum Gasteiger partial charge on any atom is 0.152 e. The van der Waals surface area contributed by atoms with Gasteiger partial charge in [0, 0.05) is 6.04 Å². The molecule has 0 heterocycles. The average molecular weight is 221 g/mol. The van der Waals surface area contributed by atoms with Crippen molar-refractivity contribution in [3.63, 3.8) is 0 Å². The zero-order valence-corrected chi connectivity index (χ0v) is 10.5. The molecular formula is C10H23NO2S. The standard InChI is InChI=1S/C10H23NO2S/c1-5-6-11-10(4)8-14(12,13)7-9(2)3/h9-11H,5-8H2,1-4H3. The van der Waals surface area contributed by atoms with E-state index in [2.05, 4.69) is 12.2 Å². The third-order valence-electron chi connectivity index (χ3n) is 1.83. The summed E-state index contributed by atoms with van der Waals surface area (Å²) in [7, 11) is -2.87. The smallest absolute Gasteiger partial charge is 0.152 e. The second kappa shape index (κ2) is 6.40. The zero-order valence-electron chi connectivity index (χ0n) is 9.71. The minimum Gasteiger partial charge on any atom is -0.313 e. The molecule has 0 aliphatic heterocycles. The quantitative estimate of drug-likeness (QED) is 0.707. The fourth-order valence-corrected chi connectivity index (χ4v) is 3.44. The van der Waals surface area contributed by atoms with Crippen molar-refractivity contribution in [2.45, 2.75) is 40.2 Å². The Bertz CT molecular complexity index is 235. The largest absolute Gasteiger partial charge is 0.313 e. The van der Waals surface area contributed by atoms with Crippen molar-refractivity contribution in [3.8, 4) is 0 Å². The first kappa shape index (κ1) is 13.9. The van der Waals surface area contributed by atoms with E-state index in [-0.39, 0.29) is 17.7 Å². The van der Waals surface area contributed by atoms with Crippen molar-refractivity contribution in [2.75, 3.05) is 18.1 Å². The van der Waals surface area contributed by atoms with E-state index in [9.17, 15) is 8.42 Å². The molecule has 1 unspecified atom stereocenters. The topological polar surface area (TPSA) is 46.2 Å². The van der Waals surface area contributed by atoms with Crippen LogP contribution < -0.4 is 5.32 Å². The average Bonchev–Trinajstić information content (AvgIpc) is 1.96. The second-order valence-electron chi connectivity index (χ2n) is 4.33. The number of rotatable bonds is 7. The summed E-state index contributed by atoms with van der Waals surface area (Å²) in [5.41, 5.74) is 0. The summed E-state index contributed by atoms with van der Waals surface area (Å²) < 4.78 is 23.1. The lowest BCUT2D eigenvalue weighted by atomic mass is 10.3. The molecule has 0 saturated heterocycles. The highest BCUT2D eigenvalue weighted by molar-refractivity contribution is 7.91. The van der Waals surface area contributed by atoms with Crippen LogP contribution in [0.4, 0.5) is 0 Å². The van der Waals surface area contributed by atoms with Crippen LogP contribution in [0.5, 0.6) is 0 Å². The lowest BCUT2D eigenvalue weighted by molar-refractivity contribution is 0.548. The Labute approximate surface area is 88.2 Å². The molecule has 14 heavy (non-hydrogen) atoms. The minimum absolute atomic E-state index is 0.0682. The third kappa shape index (κ3) is 7.33. The van der Waals surface area contributed by atoms with Crippen molar-refractivity contribution in [2.24, 2.45) is 5.92 Å². The monoisotopic (exact) mass is 221 g/mol. The number of sulfone groups is 1. The van der Waals surface area contributed by atoms with Crippen LogP contribution in [0.15, 0.2) is 0 Å². The predicted octanol–water partition coefficient (Wildman–Crippen LogP) is 1.45. The first-order chi connectivity index (χ1) is 6.37. The molecule has 0 radical (unpaired) electrons. The summed E-state index contributed by atoms with van der Waals surface area (Å²) in [4.78, 5) is 0. The molecular weight excluding hydrogens is 198 g/mol. The van der Waals surface area contributed by atoms with Gasteiger partial charge in [0.15, 0.2) is 9.84 Å². The molecule has 0 fully saturated rings. The van der Waals surface area contributed by atoms with Crippen LogP contribution in [0.25, 0.3) is 0 Å². The lowest BCUT2D eigenvalue weighted by Gasteiger charge is -2.14. The first-order valence-corrected chi connectivity index (χ1v) is 7.13. The molecule has 0 aromatic heterocycles. The van der Waals surface area contributed by atoms with Gasteiger partial charge in [-0.1, -0.05) is 20.8 Å². The van der Waals surface area contributed by atoms with E-state index in [4.69, 9.17) is 0 Å². The van der Waals surface area contributed by atoms with E-state index in [0.29, 0.717) is 5.75 Å². The normalized spacial score (nSPS) is 14.6. The fourth-order valence-electron chi connectivity index (χ4n) is 1.41. The van der Waals surface area contributed by atoms with Gasteiger partial charge in [-0.15, -0.1) is 0 Å². The Hall–Kier alpha value is -0.0900. The molecule has 0 aromatic rings. The van der Waals surface area contributed by atoms with Gasteiger partial charge in [0.05, 0.1) is 11.5 Å². The molecule has 1 atom stereocenters. The van der Waals surface area contributed by atoms with Gasteiger partial charge in [-0.2, -0.15) is 0 Å². The van der Waals surface area contributed by atoms with Crippen LogP contribution in [0.1, 0.15) is 34.1 Å². The maximum absolute atomic E-state index is 11.6. The highest BCUT2D eigenvalue weighted by atomic mass is 32.2. The van der Waals surface area contributed by atoms with Crippen LogP contribution in [-0.4, -0.2) is 32.5 Å². The summed E-state index contributed by atoms with van der Waals surface area (Å²) >= 11 is 0. The Morgan fingerprint density at radius 1 is 1.14 bits per heavy atom. The predicted molar refractivity (Wildman–Crippen MR) is 61.2 cm³/mol. The number of nitrogens with one attached hydrogen (secondary N) is 1. The third-order valence-corrected chi connectivity index (χ3v) is 4.02. The molecule has 3 nitrogen and oxygen atoms in total. The van der Waals surface area contributed by atoms with Gasteiger partial charge in [0.1, 0.15) is 0 Å². The molecule has 86 valence electrons. The van der Waals surface area contributed by atoms with Crippen molar-refractivity contribution in [1.82, 2.24) is 5.32 Å². The molecule has 0 spiro atoms. The molecule has 1 N–H and O–H groups in total.